The first-order valence-corrected chi connectivity index (χ1v) is 6.54. The Labute approximate surface area is 124 Å². The minimum absolute atomic E-state index is 0.175. The van der Waals surface area contributed by atoms with Crippen LogP contribution in [0.2, 0.25) is 0 Å². The number of aromatic nitrogens is 2. The van der Waals surface area contributed by atoms with E-state index < -0.39 is 5.69 Å². The summed E-state index contributed by atoms with van der Waals surface area (Å²) in [6.07, 6.45) is 12.0. The van der Waals surface area contributed by atoms with Crippen molar-refractivity contribution in [2.45, 2.75) is 19.8 Å². The van der Waals surface area contributed by atoms with Gasteiger partial charge in [-0.1, -0.05) is 37.8 Å². The molecule has 0 bridgehead atoms. The lowest BCUT2D eigenvalue weighted by Crippen LogP contribution is -2.21. The molecular formula is C16H18N4O. The van der Waals surface area contributed by atoms with Gasteiger partial charge in [-0.25, -0.2) is 4.79 Å². The number of nitrogens with zero attached hydrogens (tertiary/aromatic N) is 3. The summed E-state index contributed by atoms with van der Waals surface area (Å²) in [4.78, 5) is 15.3. The molecule has 108 valence electrons. The first-order chi connectivity index (χ1) is 10.1. The quantitative estimate of drug-likeness (QED) is 0.813. The fourth-order valence-corrected chi connectivity index (χ4v) is 1.52. The van der Waals surface area contributed by atoms with E-state index in [0.717, 1.165) is 12.0 Å². The Morgan fingerprint density at radius 2 is 2.29 bits per heavy atom. The van der Waals surface area contributed by atoms with Crippen molar-refractivity contribution in [3.63, 3.8) is 0 Å². The summed E-state index contributed by atoms with van der Waals surface area (Å²) >= 11 is 0. The minimum Gasteiger partial charge on any atom is -0.383 e. The highest BCUT2D eigenvalue weighted by molar-refractivity contribution is 5.56. The van der Waals surface area contributed by atoms with E-state index in [0.29, 0.717) is 12.1 Å². The average molecular weight is 282 g/mol. The predicted octanol–water partition coefficient (Wildman–Crippen LogP) is 2.66. The van der Waals surface area contributed by atoms with Crippen LogP contribution in [0.3, 0.4) is 0 Å². The molecule has 0 aliphatic heterocycles. The van der Waals surface area contributed by atoms with Crippen molar-refractivity contribution in [3.8, 4) is 6.07 Å². The predicted molar refractivity (Wildman–Crippen MR) is 85.1 cm³/mol. The lowest BCUT2D eigenvalue weighted by molar-refractivity contribution is 0.948. The highest BCUT2D eigenvalue weighted by Gasteiger charge is 1.99. The average Bonchev–Trinajstić information content (AvgIpc) is 2.46. The van der Waals surface area contributed by atoms with E-state index in [1.165, 1.54) is 16.8 Å². The maximum Gasteiger partial charge on any atom is 0.354 e. The molecular weight excluding hydrogens is 264 g/mol. The molecule has 0 saturated heterocycles. The van der Waals surface area contributed by atoms with Crippen molar-refractivity contribution in [2.75, 3.05) is 5.73 Å². The maximum absolute atomic E-state index is 11.7. The van der Waals surface area contributed by atoms with E-state index in [9.17, 15) is 4.79 Å². The van der Waals surface area contributed by atoms with Gasteiger partial charge in [0, 0.05) is 11.9 Å². The van der Waals surface area contributed by atoms with Crippen molar-refractivity contribution in [2.24, 2.45) is 0 Å². The van der Waals surface area contributed by atoms with Crippen molar-refractivity contribution in [3.05, 3.63) is 65.3 Å². The number of nitriles is 1. The summed E-state index contributed by atoms with van der Waals surface area (Å²) in [7, 11) is 0. The maximum atomic E-state index is 11.7. The summed E-state index contributed by atoms with van der Waals surface area (Å²) in [5.74, 6) is 0.175. The van der Waals surface area contributed by atoms with Gasteiger partial charge in [-0.05, 0) is 24.1 Å². The van der Waals surface area contributed by atoms with Gasteiger partial charge in [-0.3, -0.25) is 4.57 Å². The zero-order chi connectivity index (χ0) is 15.7. The Bertz CT molecular complexity index is 687. The molecule has 0 unspecified atom stereocenters. The minimum atomic E-state index is -0.476. The number of hydrogen-bond donors (Lipinski definition) is 1. The van der Waals surface area contributed by atoms with Crippen molar-refractivity contribution >= 4 is 11.5 Å². The zero-order valence-corrected chi connectivity index (χ0v) is 12.0. The van der Waals surface area contributed by atoms with Crippen molar-refractivity contribution in [1.82, 2.24) is 9.55 Å². The highest BCUT2D eigenvalue weighted by atomic mass is 16.1. The lowest BCUT2D eigenvalue weighted by atomic mass is 10.1. The molecule has 0 atom stereocenters. The molecule has 1 heterocycles. The van der Waals surface area contributed by atoms with Gasteiger partial charge >= 0.3 is 5.69 Å². The molecule has 0 amide bonds. The molecule has 0 saturated carbocycles. The Balaban J connectivity index is 2.95. The van der Waals surface area contributed by atoms with Crippen LogP contribution in [0.1, 0.15) is 19.8 Å². The van der Waals surface area contributed by atoms with Crippen LogP contribution in [0.5, 0.6) is 0 Å². The third-order valence-corrected chi connectivity index (χ3v) is 2.58. The van der Waals surface area contributed by atoms with Gasteiger partial charge in [-0.2, -0.15) is 10.2 Å². The molecule has 5 heteroatoms. The summed E-state index contributed by atoms with van der Waals surface area (Å²) in [6.45, 7) is 5.86. The Morgan fingerprint density at radius 3 is 2.90 bits per heavy atom. The molecule has 0 aliphatic rings. The van der Waals surface area contributed by atoms with Gasteiger partial charge in [-0.15, -0.1) is 0 Å². The molecule has 1 rings (SSSR count). The van der Waals surface area contributed by atoms with Gasteiger partial charge in [0.15, 0.2) is 0 Å². The summed E-state index contributed by atoms with van der Waals surface area (Å²) in [6, 6.07) is 3.60. The van der Waals surface area contributed by atoms with Crippen LogP contribution in [-0.2, 0) is 0 Å². The van der Waals surface area contributed by atoms with Crippen LogP contribution in [0.25, 0.3) is 5.70 Å². The van der Waals surface area contributed by atoms with Gasteiger partial charge in [0.05, 0.1) is 12.5 Å². The first kappa shape index (κ1) is 16.2. The molecule has 5 nitrogen and oxygen atoms in total. The standard InChI is InChI=1S/C16H18N4O/c1-3-4-6-14(7-5-11-17)9-8-13(2)20-12-10-15(18)19-16(20)21/h4,6-10,12H,2-3,5H2,1H3,(H2,18,19,21)/b6-4-,9-8+,14-7+. The lowest BCUT2D eigenvalue weighted by Gasteiger charge is -2.04. The molecule has 2 N–H and O–H groups in total. The van der Waals surface area contributed by atoms with Crippen LogP contribution in [0.4, 0.5) is 5.82 Å². The summed E-state index contributed by atoms with van der Waals surface area (Å²) < 4.78 is 1.30. The van der Waals surface area contributed by atoms with Crippen molar-refractivity contribution in [1.29, 1.82) is 5.26 Å². The third kappa shape index (κ3) is 5.33. The van der Waals surface area contributed by atoms with Crippen LogP contribution in [-0.4, -0.2) is 9.55 Å². The number of hydrogen-bond acceptors (Lipinski definition) is 4. The fraction of sp³-hybridized carbons (Fsp3) is 0.188. The Morgan fingerprint density at radius 1 is 1.52 bits per heavy atom. The summed E-state index contributed by atoms with van der Waals surface area (Å²) in [5, 5.41) is 8.63. The molecule has 0 aromatic carbocycles. The topological polar surface area (TPSA) is 84.7 Å². The van der Waals surface area contributed by atoms with Crippen LogP contribution >= 0.6 is 0 Å². The molecule has 1 aromatic rings. The Kier molecular flexibility index (Phi) is 6.42. The second-order valence-electron chi connectivity index (χ2n) is 4.21. The van der Waals surface area contributed by atoms with E-state index in [-0.39, 0.29) is 5.82 Å². The zero-order valence-electron chi connectivity index (χ0n) is 12.0. The number of anilines is 1. The molecule has 1 aromatic heterocycles. The normalized spacial score (nSPS) is 11.9. The number of nitrogen functional groups attached to an aromatic ring is 1. The smallest absolute Gasteiger partial charge is 0.354 e. The highest BCUT2D eigenvalue weighted by Crippen LogP contribution is 2.07. The monoisotopic (exact) mass is 282 g/mol. The van der Waals surface area contributed by atoms with Crippen LogP contribution in [0, 0.1) is 11.3 Å². The van der Waals surface area contributed by atoms with E-state index >= 15 is 0 Å². The van der Waals surface area contributed by atoms with E-state index in [2.05, 4.69) is 17.6 Å². The SMILES string of the molecule is C=C(/C=C/C(/C=C\CC)=C/CC#N)n1ccc(N)nc1=O. The van der Waals surface area contributed by atoms with E-state index in [1.807, 2.05) is 19.1 Å². The van der Waals surface area contributed by atoms with Gasteiger partial charge in [0.25, 0.3) is 0 Å². The molecule has 21 heavy (non-hydrogen) atoms. The second kappa shape index (κ2) is 8.33. The van der Waals surface area contributed by atoms with Gasteiger partial charge in [0.2, 0.25) is 0 Å². The van der Waals surface area contributed by atoms with E-state index in [1.54, 1.807) is 18.2 Å². The van der Waals surface area contributed by atoms with Crippen LogP contribution in [0.15, 0.2) is 59.6 Å². The largest absolute Gasteiger partial charge is 0.383 e. The molecule has 0 radical (unpaired) electrons. The summed E-state index contributed by atoms with van der Waals surface area (Å²) in [5.41, 5.74) is 6.32. The fourth-order valence-electron chi connectivity index (χ4n) is 1.52. The first-order valence-electron chi connectivity index (χ1n) is 6.54. The van der Waals surface area contributed by atoms with Gasteiger partial charge < -0.3 is 5.73 Å². The number of allylic oxidation sites excluding steroid dienone is 7. The number of nitrogens with two attached hydrogens (primary N) is 1. The van der Waals surface area contributed by atoms with Crippen molar-refractivity contribution < 1.29 is 0 Å². The van der Waals surface area contributed by atoms with E-state index in [4.69, 9.17) is 11.0 Å². The number of rotatable bonds is 6. The molecule has 0 fully saturated rings. The van der Waals surface area contributed by atoms with Gasteiger partial charge in [0.1, 0.15) is 5.82 Å². The van der Waals surface area contributed by atoms with Crippen LogP contribution < -0.4 is 11.4 Å². The molecule has 0 spiro atoms. The Hall–Kier alpha value is -2.87. The molecule has 0 aliphatic carbocycles. The second-order valence-corrected chi connectivity index (χ2v) is 4.21. The third-order valence-electron chi connectivity index (χ3n) is 2.58.